The molecular formula is C24H26BrN3O3. The average molecular weight is 484 g/mol. The normalized spacial score (nSPS) is 14.9. The van der Waals surface area contributed by atoms with Gasteiger partial charge in [-0.25, -0.2) is 4.98 Å². The molecule has 6 nitrogen and oxygen atoms in total. The molecule has 2 aromatic carbocycles. The molecule has 0 aliphatic heterocycles. The molecular weight excluding hydrogens is 458 g/mol. The molecule has 31 heavy (non-hydrogen) atoms. The maximum Gasteiger partial charge on any atom is 0.282 e. The Labute approximate surface area is 190 Å². The SMILES string of the molecule is CCOc1cc(C=Nn2c(C3CCCCC3)nc3ccccc3c2=O)cc(Br)c1OC. The Morgan fingerprint density at radius 2 is 2.00 bits per heavy atom. The number of methoxy groups -OCH3 is 1. The van der Waals surface area contributed by atoms with Crippen LogP contribution in [0.4, 0.5) is 0 Å². The summed E-state index contributed by atoms with van der Waals surface area (Å²) in [5.41, 5.74) is 1.39. The highest BCUT2D eigenvalue weighted by Gasteiger charge is 2.22. The summed E-state index contributed by atoms with van der Waals surface area (Å²) < 4.78 is 13.4. The van der Waals surface area contributed by atoms with Gasteiger partial charge in [0, 0.05) is 5.92 Å². The predicted octanol–water partition coefficient (Wildman–Crippen LogP) is 5.50. The van der Waals surface area contributed by atoms with Crippen LogP contribution in [0.2, 0.25) is 0 Å². The van der Waals surface area contributed by atoms with E-state index in [1.54, 1.807) is 19.4 Å². The Kier molecular flexibility index (Phi) is 6.70. The van der Waals surface area contributed by atoms with E-state index in [2.05, 4.69) is 21.0 Å². The highest BCUT2D eigenvalue weighted by molar-refractivity contribution is 9.10. The van der Waals surface area contributed by atoms with Crippen molar-refractivity contribution in [3.63, 3.8) is 0 Å². The number of rotatable bonds is 6. The molecule has 0 radical (unpaired) electrons. The van der Waals surface area contributed by atoms with Crippen molar-refractivity contribution in [2.75, 3.05) is 13.7 Å². The second kappa shape index (κ2) is 9.64. The quantitative estimate of drug-likeness (QED) is 0.434. The first kappa shape index (κ1) is 21.6. The van der Waals surface area contributed by atoms with Gasteiger partial charge in [-0.2, -0.15) is 9.78 Å². The van der Waals surface area contributed by atoms with Gasteiger partial charge < -0.3 is 9.47 Å². The van der Waals surface area contributed by atoms with E-state index in [1.807, 2.05) is 37.3 Å². The fraction of sp³-hybridized carbons (Fsp3) is 0.375. The van der Waals surface area contributed by atoms with Crippen LogP contribution in [0.25, 0.3) is 10.9 Å². The second-order valence-corrected chi connectivity index (χ2v) is 8.51. The molecule has 0 spiro atoms. The third-order valence-electron chi connectivity index (χ3n) is 5.61. The number of hydrogen-bond donors (Lipinski definition) is 0. The van der Waals surface area contributed by atoms with E-state index >= 15 is 0 Å². The van der Waals surface area contributed by atoms with Crippen molar-refractivity contribution in [2.24, 2.45) is 5.10 Å². The minimum absolute atomic E-state index is 0.139. The van der Waals surface area contributed by atoms with Gasteiger partial charge in [0.05, 0.1) is 35.3 Å². The van der Waals surface area contributed by atoms with Gasteiger partial charge in [-0.3, -0.25) is 4.79 Å². The second-order valence-electron chi connectivity index (χ2n) is 7.65. The Morgan fingerprint density at radius 1 is 1.23 bits per heavy atom. The molecule has 0 unspecified atom stereocenters. The topological polar surface area (TPSA) is 65.7 Å². The molecule has 0 N–H and O–H groups in total. The summed E-state index contributed by atoms with van der Waals surface area (Å²) in [6.45, 7) is 2.44. The van der Waals surface area contributed by atoms with Crippen molar-refractivity contribution in [1.82, 2.24) is 9.66 Å². The average Bonchev–Trinajstić information content (AvgIpc) is 2.79. The predicted molar refractivity (Wildman–Crippen MR) is 127 cm³/mol. The van der Waals surface area contributed by atoms with E-state index in [0.29, 0.717) is 23.5 Å². The van der Waals surface area contributed by atoms with Crippen LogP contribution in [-0.2, 0) is 0 Å². The first-order chi connectivity index (χ1) is 15.1. The molecule has 0 atom stereocenters. The number of halogens is 1. The first-order valence-electron chi connectivity index (χ1n) is 10.7. The molecule has 1 aliphatic rings. The molecule has 1 saturated carbocycles. The zero-order valence-electron chi connectivity index (χ0n) is 17.8. The third kappa shape index (κ3) is 4.51. The molecule has 3 aromatic rings. The number of benzene rings is 2. The molecule has 1 heterocycles. The van der Waals surface area contributed by atoms with Crippen LogP contribution in [-0.4, -0.2) is 29.6 Å². The van der Waals surface area contributed by atoms with Crippen LogP contribution in [0, 0.1) is 0 Å². The van der Waals surface area contributed by atoms with Crippen molar-refractivity contribution >= 4 is 33.0 Å². The van der Waals surface area contributed by atoms with E-state index in [4.69, 9.17) is 14.5 Å². The van der Waals surface area contributed by atoms with Gasteiger partial charge in [-0.05, 0) is 65.5 Å². The lowest BCUT2D eigenvalue weighted by atomic mass is 9.88. The van der Waals surface area contributed by atoms with Crippen molar-refractivity contribution in [1.29, 1.82) is 0 Å². The molecule has 0 amide bonds. The summed E-state index contributed by atoms with van der Waals surface area (Å²) in [4.78, 5) is 18.2. The molecule has 1 aliphatic carbocycles. The number of ether oxygens (including phenoxy) is 2. The van der Waals surface area contributed by atoms with Gasteiger partial charge in [0.15, 0.2) is 11.5 Å². The number of aromatic nitrogens is 2. The van der Waals surface area contributed by atoms with Crippen LogP contribution >= 0.6 is 15.9 Å². The van der Waals surface area contributed by atoms with Gasteiger partial charge in [0.1, 0.15) is 5.82 Å². The maximum atomic E-state index is 13.3. The molecule has 162 valence electrons. The molecule has 0 saturated heterocycles. The molecule has 1 fully saturated rings. The summed E-state index contributed by atoms with van der Waals surface area (Å²) in [6.07, 6.45) is 7.28. The van der Waals surface area contributed by atoms with Crippen LogP contribution in [0.1, 0.15) is 56.3 Å². The van der Waals surface area contributed by atoms with Crippen molar-refractivity contribution < 1.29 is 9.47 Å². The van der Waals surface area contributed by atoms with Crippen LogP contribution in [0.5, 0.6) is 11.5 Å². The monoisotopic (exact) mass is 483 g/mol. The Bertz CT molecular complexity index is 1170. The van der Waals surface area contributed by atoms with Gasteiger partial charge in [-0.15, -0.1) is 0 Å². The highest BCUT2D eigenvalue weighted by atomic mass is 79.9. The standard InChI is InChI=1S/C24H26BrN3O3/c1-3-31-21-14-16(13-19(25)22(21)30-2)15-26-28-23(17-9-5-4-6-10-17)27-20-12-8-7-11-18(20)24(28)29/h7-8,11-15,17H,3-6,9-10H2,1-2H3. The molecule has 7 heteroatoms. The zero-order valence-corrected chi connectivity index (χ0v) is 19.4. The van der Waals surface area contributed by atoms with Gasteiger partial charge >= 0.3 is 0 Å². The number of fused-ring (bicyclic) bond motifs is 1. The minimum Gasteiger partial charge on any atom is -0.492 e. The van der Waals surface area contributed by atoms with Crippen molar-refractivity contribution in [2.45, 2.75) is 44.9 Å². The number of hydrogen-bond acceptors (Lipinski definition) is 5. The Hall–Kier alpha value is -2.67. The molecule has 0 bridgehead atoms. The highest BCUT2D eigenvalue weighted by Crippen LogP contribution is 2.36. The smallest absolute Gasteiger partial charge is 0.282 e. The van der Waals surface area contributed by atoms with Crippen molar-refractivity contribution in [3.05, 3.63) is 62.6 Å². The van der Waals surface area contributed by atoms with Gasteiger partial charge in [0.25, 0.3) is 5.56 Å². The first-order valence-corrected chi connectivity index (χ1v) is 11.5. The van der Waals surface area contributed by atoms with Crippen molar-refractivity contribution in [3.8, 4) is 11.5 Å². The van der Waals surface area contributed by atoms with E-state index in [-0.39, 0.29) is 11.5 Å². The molecule has 1 aromatic heterocycles. The third-order valence-corrected chi connectivity index (χ3v) is 6.20. The van der Waals surface area contributed by atoms with Gasteiger partial charge in [0.2, 0.25) is 0 Å². The van der Waals surface area contributed by atoms with Crippen LogP contribution < -0.4 is 15.0 Å². The Morgan fingerprint density at radius 3 is 2.74 bits per heavy atom. The van der Waals surface area contributed by atoms with E-state index in [9.17, 15) is 4.79 Å². The summed E-state index contributed by atoms with van der Waals surface area (Å²) in [7, 11) is 1.60. The zero-order chi connectivity index (χ0) is 21.8. The fourth-order valence-corrected chi connectivity index (χ4v) is 4.75. The minimum atomic E-state index is -0.139. The van der Waals surface area contributed by atoms with E-state index < -0.39 is 0 Å². The Balaban J connectivity index is 1.81. The number of nitrogens with zero attached hydrogens (tertiary/aromatic N) is 3. The lowest BCUT2D eigenvalue weighted by Crippen LogP contribution is -2.25. The summed E-state index contributed by atoms with van der Waals surface area (Å²) in [5, 5.41) is 5.17. The summed E-state index contributed by atoms with van der Waals surface area (Å²) >= 11 is 3.53. The van der Waals surface area contributed by atoms with Crippen LogP contribution in [0.3, 0.4) is 0 Å². The van der Waals surface area contributed by atoms with Crippen LogP contribution in [0.15, 0.2) is 50.8 Å². The van der Waals surface area contributed by atoms with E-state index in [1.165, 1.54) is 11.1 Å². The van der Waals surface area contributed by atoms with Gasteiger partial charge in [-0.1, -0.05) is 31.4 Å². The van der Waals surface area contributed by atoms with E-state index in [0.717, 1.165) is 47.1 Å². The number of para-hydroxylation sites is 1. The maximum absolute atomic E-state index is 13.3. The summed E-state index contributed by atoms with van der Waals surface area (Å²) in [6, 6.07) is 11.2. The fourth-order valence-electron chi connectivity index (χ4n) is 4.13. The summed E-state index contributed by atoms with van der Waals surface area (Å²) in [5.74, 6) is 2.24. The lowest BCUT2D eigenvalue weighted by Gasteiger charge is -2.22. The molecule has 4 rings (SSSR count). The lowest BCUT2D eigenvalue weighted by molar-refractivity contribution is 0.310. The largest absolute Gasteiger partial charge is 0.492 e.